The number of carbonyl (C=O) groups is 2. The van der Waals surface area contributed by atoms with E-state index in [0.29, 0.717) is 19.3 Å². The number of aliphatic hydroxyl groups is 2. The summed E-state index contributed by atoms with van der Waals surface area (Å²) in [5, 5.41) is 23.8. The van der Waals surface area contributed by atoms with E-state index in [1.165, 1.54) is 173 Å². The van der Waals surface area contributed by atoms with Crippen LogP contribution < -0.4 is 5.32 Å². The number of carbonyl (C=O) groups excluding carboxylic acids is 2. The Labute approximate surface area is 392 Å². The first-order chi connectivity index (χ1) is 31.0. The van der Waals surface area contributed by atoms with Gasteiger partial charge in [-0.2, -0.15) is 0 Å². The van der Waals surface area contributed by atoms with Crippen LogP contribution in [0.15, 0.2) is 36.5 Å². The van der Waals surface area contributed by atoms with Crippen molar-refractivity contribution in [2.45, 2.75) is 309 Å². The van der Waals surface area contributed by atoms with Gasteiger partial charge in [0.25, 0.3) is 0 Å². The number of hydrogen-bond donors (Lipinski definition) is 3. The van der Waals surface area contributed by atoms with E-state index in [1.54, 1.807) is 0 Å². The molecule has 0 aromatic heterocycles. The second-order valence-electron chi connectivity index (χ2n) is 19.0. The predicted octanol–water partition coefficient (Wildman–Crippen LogP) is 16.8. The molecule has 0 rings (SSSR count). The minimum atomic E-state index is -0.788. The Morgan fingerprint density at radius 1 is 0.460 bits per heavy atom. The van der Waals surface area contributed by atoms with Crippen LogP contribution in [-0.2, 0) is 14.3 Å². The Hall–Kier alpha value is -1.92. The van der Waals surface area contributed by atoms with E-state index in [1.807, 2.05) is 0 Å². The van der Waals surface area contributed by atoms with E-state index >= 15 is 0 Å². The summed E-state index contributed by atoms with van der Waals surface area (Å²) in [4.78, 5) is 26.2. The molecule has 0 aromatic carbocycles. The highest BCUT2D eigenvalue weighted by molar-refractivity contribution is 5.77. The normalized spacial score (nSPS) is 13.4. The number of esters is 1. The standard InChI is InChI=1S/C57H107NO5/c1-4-7-10-13-16-19-22-24-26-28-30-32-34-36-39-42-45-48-53(51-56(61)58-54(52-59)55(60)49-46-43-40-37-21-18-15-12-9-6-3)63-57(62)50-47-44-41-38-35-33-31-29-27-25-23-20-17-14-11-8-5-2/h16,19,24-27,53-55,59-60H,4-15,17-18,20-23,28-52H2,1-3H3,(H,58,61)/b19-16-,26-24-,27-25+. The van der Waals surface area contributed by atoms with Gasteiger partial charge in [0.05, 0.1) is 25.2 Å². The van der Waals surface area contributed by atoms with Gasteiger partial charge in [0.15, 0.2) is 0 Å². The Morgan fingerprint density at radius 2 is 0.810 bits per heavy atom. The first-order valence-electron chi connectivity index (χ1n) is 27.7. The van der Waals surface area contributed by atoms with Crippen molar-refractivity contribution < 1.29 is 24.5 Å². The highest BCUT2D eigenvalue weighted by atomic mass is 16.5. The molecule has 0 fully saturated rings. The van der Waals surface area contributed by atoms with E-state index in [0.717, 1.165) is 70.6 Å². The first-order valence-corrected chi connectivity index (χ1v) is 27.7. The van der Waals surface area contributed by atoms with Gasteiger partial charge in [-0.15, -0.1) is 0 Å². The largest absolute Gasteiger partial charge is 0.462 e. The molecule has 0 saturated carbocycles. The maximum atomic E-state index is 13.2. The van der Waals surface area contributed by atoms with Gasteiger partial charge in [-0.25, -0.2) is 0 Å². The molecule has 370 valence electrons. The molecule has 3 atom stereocenters. The van der Waals surface area contributed by atoms with Gasteiger partial charge < -0.3 is 20.3 Å². The maximum Gasteiger partial charge on any atom is 0.306 e. The Bertz CT molecular complexity index is 1040. The van der Waals surface area contributed by atoms with Gasteiger partial charge in [-0.05, 0) is 83.5 Å². The Kier molecular flexibility index (Phi) is 49.5. The van der Waals surface area contributed by atoms with E-state index in [-0.39, 0.29) is 24.9 Å². The second kappa shape index (κ2) is 51.1. The quantitative estimate of drug-likeness (QED) is 0.0321. The van der Waals surface area contributed by atoms with Crippen LogP contribution in [0.3, 0.4) is 0 Å². The first kappa shape index (κ1) is 61.1. The SMILES string of the molecule is CCCCC/C=C\C/C=C\CCCCCCCCCC(CC(=O)NC(CO)C(O)CCCCCCCCCCCC)OC(=O)CCCCCCCCC/C=C/CCCCCCCC. The molecule has 6 nitrogen and oxygen atoms in total. The molecule has 0 aliphatic heterocycles. The molecular formula is C57H107NO5. The average molecular weight is 886 g/mol. The number of hydrogen-bond acceptors (Lipinski definition) is 5. The summed E-state index contributed by atoms with van der Waals surface area (Å²) >= 11 is 0. The summed E-state index contributed by atoms with van der Waals surface area (Å²) in [5.41, 5.74) is 0. The molecule has 0 aliphatic carbocycles. The van der Waals surface area contributed by atoms with Crippen molar-refractivity contribution in [3.63, 3.8) is 0 Å². The van der Waals surface area contributed by atoms with Crippen LogP contribution in [0, 0.1) is 0 Å². The molecule has 0 aromatic rings. The fourth-order valence-corrected chi connectivity index (χ4v) is 8.46. The third kappa shape index (κ3) is 46.4. The highest BCUT2D eigenvalue weighted by Gasteiger charge is 2.24. The molecule has 0 spiro atoms. The topological polar surface area (TPSA) is 95.9 Å². The van der Waals surface area contributed by atoms with Crippen LogP contribution in [0.2, 0.25) is 0 Å². The lowest BCUT2D eigenvalue weighted by molar-refractivity contribution is -0.151. The summed E-state index contributed by atoms with van der Waals surface area (Å²) in [5.74, 6) is -0.475. The molecule has 0 aliphatic rings. The molecular weight excluding hydrogens is 779 g/mol. The summed E-state index contributed by atoms with van der Waals surface area (Å²) in [6, 6.07) is -0.702. The highest BCUT2D eigenvalue weighted by Crippen LogP contribution is 2.18. The number of amides is 1. The fraction of sp³-hybridized carbons (Fsp3) is 0.860. The van der Waals surface area contributed by atoms with Crippen LogP contribution in [-0.4, -0.2) is 46.9 Å². The van der Waals surface area contributed by atoms with Crippen molar-refractivity contribution in [3.8, 4) is 0 Å². The van der Waals surface area contributed by atoms with E-state index < -0.39 is 18.2 Å². The zero-order valence-electron chi connectivity index (χ0n) is 42.2. The molecule has 6 heteroatoms. The van der Waals surface area contributed by atoms with E-state index in [4.69, 9.17) is 4.74 Å². The molecule has 1 amide bonds. The van der Waals surface area contributed by atoms with Crippen LogP contribution in [0.25, 0.3) is 0 Å². The Balaban J connectivity index is 4.56. The smallest absolute Gasteiger partial charge is 0.306 e. The lowest BCUT2D eigenvalue weighted by Gasteiger charge is -2.24. The summed E-state index contributed by atoms with van der Waals surface area (Å²) < 4.78 is 5.95. The number of rotatable bonds is 50. The molecule has 0 saturated heterocycles. The van der Waals surface area contributed by atoms with Crippen molar-refractivity contribution in [2.24, 2.45) is 0 Å². The molecule has 0 heterocycles. The van der Waals surface area contributed by atoms with Crippen molar-refractivity contribution >= 4 is 11.9 Å². The average Bonchev–Trinajstić information content (AvgIpc) is 3.28. The van der Waals surface area contributed by atoms with Crippen LogP contribution in [0.1, 0.15) is 290 Å². The lowest BCUT2D eigenvalue weighted by Crippen LogP contribution is -2.46. The van der Waals surface area contributed by atoms with Gasteiger partial charge in [-0.3, -0.25) is 9.59 Å². The second-order valence-corrected chi connectivity index (χ2v) is 19.0. The summed E-state index contributed by atoms with van der Waals surface area (Å²) in [6.45, 7) is 6.46. The molecule has 0 bridgehead atoms. The molecule has 0 radical (unpaired) electrons. The summed E-state index contributed by atoms with van der Waals surface area (Å²) in [6.07, 6.45) is 60.6. The zero-order chi connectivity index (χ0) is 45.9. The van der Waals surface area contributed by atoms with Crippen molar-refractivity contribution in [1.82, 2.24) is 5.32 Å². The molecule has 3 unspecified atom stereocenters. The number of aliphatic hydroxyl groups excluding tert-OH is 2. The lowest BCUT2D eigenvalue weighted by atomic mass is 10.0. The van der Waals surface area contributed by atoms with Crippen LogP contribution in [0.5, 0.6) is 0 Å². The Morgan fingerprint density at radius 3 is 1.25 bits per heavy atom. The van der Waals surface area contributed by atoms with Crippen molar-refractivity contribution in [1.29, 1.82) is 0 Å². The predicted molar refractivity (Wildman–Crippen MR) is 273 cm³/mol. The molecule has 3 N–H and O–H groups in total. The van der Waals surface area contributed by atoms with Crippen LogP contribution in [0.4, 0.5) is 0 Å². The number of allylic oxidation sites excluding steroid dienone is 6. The van der Waals surface area contributed by atoms with Gasteiger partial charge in [0, 0.05) is 6.42 Å². The van der Waals surface area contributed by atoms with Gasteiger partial charge >= 0.3 is 5.97 Å². The van der Waals surface area contributed by atoms with E-state index in [9.17, 15) is 19.8 Å². The third-order valence-electron chi connectivity index (χ3n) is 12.7. The van der Waals surface area contributed by atoms with Crippen molar-refractivity contribution in [3.05, 3.63) is 36.5 Å². The van der Waals surface area contributed by atoms with Gasteiger partial charge in [0.1, 0.15) is 6.10 Å². The zero-order valence-corrected chi connectivity index (χ0v) is 42.2. The molecule has 63 heavy (non-hydrogen) atoms. The number of ether oxygens (including phenoxy) is 1. The van der Waals surface area contributed by atoms with Crippen LogP contribution >= 0.6 is 0 Å². The third-order valence-corrected chi connectivity index (χ3v) is 12.7. The van der Waals surface area contributed by atoms with Crippen molar-refractivity contribution in [2.75, 3.05) is 6.61 Å². The monoisotopic (exact) mass is 886 g/mol. The minimum Gasteiger partial charge on any atom is -0.462 e. The summed E-state index contributed by atoms with van der Waals surface area (Å²) in [7, 11) is 0. The van der Waals surface area contributed by atoms with E-state index in [2.05, 4.69) is 62.5 Å². The number of unbranched alkanes of at least 4 members (excludes halogenated alkanes) is 32. The number of nitrogens with one attached hydrogen (secondary N) is 1. The van der Waals surface area contributed by atoms with Gasteiger partial charge in [0.2, 0.25) is 5.91 Å². The maximum absolute atomic E-state index is 13.2. The minimum absolute atomic E-state index is 0.0730. The fourth-order valence-electron chi connectivity index (χ4n) is 8.46. The van der Waals surface area contributed by atoms with Gasteiger partial charge in [-0.1, -0.05) is 231 Å².